The van der Waals surface area contributed by atoms with Crippen LogP contribution in [0.25, 0.3) is 0 Å². The highest BCUT2D eigenvalue weighted by atomic mass is 16.5. The molecule has 0 aliphatic heterocycles. The zero-order valence-corrected chi connectivity index (χ0v) is 16.0. The number of hydrogen-bond acceptors (Lipinski definition) is 5. The quantitative estimate of drug-likeness (QED) is 0.512. The molecule has 1 amide bonds. The van der Waals surface area contributed by atoms with Gasteiger partial charge in [0.1, 0.15) is 17.2 Å². The Kier molecular flexibility index (Phi) is 8.16. The zero-order valence-electron chi connectivity index (χ0n) is 16.0. The summed E-state index contributed by atoms with van der Waals surface area (Å²) in [6.45, 7) is 4.92. The van der Waals surface area contributed by atoms with E-state index in [0.717, 1.165) is 23.5 Å². The van der Waals surface area contributed by atoms with Crippen LogP contribution < -0.4 is 19.6 Å². The second-order valence-electron chi connectivity index (χ2n) is 6.36. The lowest BCUT2D eigenvalue weighted by Crippen LogP contribution is -2.24. The molecule has 2 aromatic carbocycles. The summed E-state index contributed by atoms with van der Waals surface area (Å²) in [6.07, 6.45) is 2.59. The van der Waals surface area contributed by atoms with E-state index in [0.29, 0.717) is 18.3 Å². The van der Waals surface area contributed by atoms with Gasteiger partial charge in [0.15, 0.2) is 6.61 Å². The monoisotopic (exact) mass is 370 g/mol. The van der Waals surface area contributed by atoms with Crippen molar-refractivity contribution in [1.29, 1.82) is 0 Å². The van der Waals surface area contributed by atoms with Crippen molar-refractivity contribution in [3.8, 4) is 17.2 Å². The Labute approximate surface area is 160 Å². The van der Waals surface area contributed by atoms with Crippen molar-refractivity contribution in [3.63, 3.8) is 0 Å². The number of hydrazone groups is 1. The third-order valence-corrected chi connectivity index (χ3v) is 3.68. The molecule has 0 fully saturated rings. The van der Waals surface area contributed by atoms with Gasteiger partial charge < -0.3 is 14.2 Å². The summed E-state index contributed by atoms with van der Waals surface area (Å²) in [5, 5.41) is 3.93. The minimum Gasteiger partial charge on any atom is -0.497 e. The molecule has 0 unspecified atom stereocenters. The number of ether oxygens (including phenoxy) is 3. The lowest BCUT2D eigenvalue weighted by Gasteiger charge is -2.08. The Balaban J connectivity index is 1.71. The van der Waals surface area contributed by atoms with Gasteiger partial charge in [-0.2, -0.15) is 5.10 Å². The number of nitrogens with one attached hydrogen (secondary N) is 1. The molecule has 2 rings (SSSR count). The van der Waals surface area contributed by atoms with Crippen molar-refractivity contribution in [1.82, 2.24) is 5.43 Å². The minimum absolute atomic E-state index is 0.119. The molecule has 0 aliphatic rings. The normalized spacial score (nSPS) is 10.8. The summed E-state index contributed by atoms with van der Waals surface area (Å²) in [5.41, 5.74) is 3.30. The van der Waals surface area contributed by atoms with Gasteiger partial charge in [-0.25, -0.2) is 5.43 Å². The summed E-state index contributed by atoms with van der Waals surface area (Å²) < 4.78 is 16.1. The van der Waals surface area contributed by atoms with Crippen LogP contribution in [0, 0.1) is 5.92 Å². The number of rotatable bonds is 10. The molecule has 6 nitrogen and oxygen atoms in total. The van der Waals surface area contributed by atoms with Gasteiger partial charge in [-0.3, -0.25) is 4.79 Å². The van der Waals surface area contributed by atoms with Gasteiger partial charge in [0.25, 0.3) is 5.91 Å². The van der Waals surface area contributed by atoms with Crippen LogP contribution in [0.4, 0.5) is 0 Å². The van der Waals surface area contributed by atoms with Crippen LogP contribution in [0.1, 0.15) is 25.8 Å². The predicted molar refractivity (Wildman–Crippen MR) is 106 cm³/mol. The Morgan fingerprint density at radius 2 is 1.59 bits per heavy atom. The maximum Gasteiger partial charge on any atom is 0.277 e. The molecule has 0 aliphatic carbocycles. The highest BCUT2D eigenvalue weighted by molar-refractivity contribution is 5.83. The van der Waals surface area contributed by atoms with E-state index in [4.69, 9.17) is 14.2 Å². The molecule has 1 N–H and O–H groups in total. The first kappa shape index (κ1) is 20.3. The Bertz CT molecular complexity index is 725. The predicted octanol–water partition coefficient (Wildman–Crippen LogP) is 3.65. The van der Waals surface area contributed by atoms with Crippen molar-refractivity contribution >= 4 is 12.1 Å². The van der Waals surface area contributed by atoms with E-state index in [1.165, 1.54) is 0 Å². The van der Waals surface area contributed by atoms with Crippen molar-refractivity contribution in [2.45, 2.75) is 20.3 Å². The Morgan fingerprint density at radius 3 is 2.22 bits per heavy atom. The molecular formula is C21H26N2O4. The second kappa shape index (κ2) is 10.9. The number of benzene rings is 2. The molecule has 6 heteroatoms. The van der Waals surface area contributed by atoms with Crippen molar-refractivity contribution < 1.29 is 19.0 Å². The number of carbonyl (C=O) groups is 1. The summed E-state index contributed by atoms with van der Waals surface area (Å²) >= 11 is 0. The first-order valence-electron chi connectivity index (χ1n) is 8.88. The average molecular weight is 370 g/mol. The van der Waals surface area contributed by atoms with Gasteiger partial charge in [-0.1, -0.05) is 13.8 Å². The van der Waals surface area contributed by atoms with Gasteiger partial charge in [0, 0.05) is 0 Å². The van der Waals surface area contributed by atoms with E-state index < -0.39 is 0 Å². The van der Waals surface area contributed by atoms with E-state index in [1.54, 1.807) is 37.6 Å². The first-order chi connectivity index (χ1) is 13.1. The number of hydrogen-bond donors (Lipinski definition) is 1. The molecule has 27 heavy (non-hydrogen) atoms. The number of carbonyl (C=O) groups excluding carboxylic acids is 1. The van der Waals surface area contributed by atoms with Crippen LogP contribution in [0.5, 0.6) is 17.2 Å². The van der Waals surface area contributed by atoms with Crippen LogP contribution in [0.3, 0.4) is 0 Å². The first-order valence-corrected chi connectivity index (χ1v) is 8.88. The molecule has 0 radical (unpaired) electrons. The lowest BCUT2D eigenvalue weighted by atomic mass is 10.1. The summed E-state index contributed by atoms with van der Waals surface area (Å²) in [5.74, 6) is 2.42. The topological polar surface area (TPSA) is 69.2 Å². The summed E-state index contributed by atoms with van der Waals surface area (Å²) in [4.78, 5) is 11.8. The molecule has 0 spiro atoms. The standard InChI is InChI=1S/C21H26N2O4/c1-16(2)12-13-26-19-6-4-17(5-7-19)14-22-23-21(24)15-27-20-10-8-18(25-3)9-11-20/h4-11,14,16H,12-13,15H2,1-3H3,(H,23,24)/b22-14+. The van der Waals surface area contributed by atoms with Crippen molar-refractivity contribution in [3.05, 3.63) is 54.1 Å². The number of methoxy groups -OCH3 is 1. The molecule has 0 saturated carbocycles. The third kappa shape index (κ3) is 7.81. The molecule has 0 heterocycles. The molecule has 0 aromatic heterocycles. The smallest absolute Gasteiger partial charge is 0.277 e. The van der Waals surface area contributed by atoms with Crippen LogP contribution in [-0.2, 0) is 4.79 Å². The Hall–Kier alpha value is -3.02. The largest absolute Gasteiger partial charge is 0.497 e. The van der Waals surface area contributed by atoms with Crippen molar-refractivity contribution in [2.75, 3.05) is 20.3 Å². The van der Waals surface area contributed by atoms with E-state index >= 15 is 0 Å². The third-order valence-electron chi connectivity index (χ3n) is 3.68. The summed E-state index contributed by atoms with van der Waals surface area (Å²) in [6, 6.07) is 14.5. The number of amides is 1. The Morgan fingerprint density at radius 1 is 1.00 bits per heavy atom. The highest BCUT2D eigenvalue weighted by Crippen LogP contribution is 2.16. The van der Waals surface area contributed by atoms with Gasteiger partial charge in [0.05, 0.1) is 19.9 Å². The molecule has 0 bridgehead atoms. The van der Waals surface area contributed by atoms with Crippen molar-refractivity contribution in [2.24, 2.45) is 11.0 Å². The molecule has 0 saturated heterocycles. The second-order valence-corrected chi connectivity index (χ2v) is 6.36. The van der Waals surface area contributed by atoms with E-state index in [1.807, 2.05) is 24.3 Å². The molecule has 144 valence electrons. The molecule has 2 aromatic rings. The van der Waals surface area contributed by atoms with Crippen LogP contribution in [0.15, 0.2) is 53.6 Å². The fourth-order valence-electron chi connectivity index (χ4n) is 2.09. The van der Waals surface area contributed by atoms with E-state index in [2.05, 4.69) is 24.4 Å². The maximum atomic E-state index is 11.8. The van der Waals surface area contributed by atoms with E-state index in [9.17, 15) is 4.79 Å². The minimum atomic E-state index is -0.337. The fraction of sp³-hybridized carbons (Fsp3) is 0.333. The fourth-order valence-corrected chi connectivity index (χ4v) is 2.09. The zero-order chi connectivity index (χ0) is 19.5. The van der Waals surface area contributed by atoms with Crippen LogP contribution >= 0.6 is 0 Å². The molecular weight excluding hydrogens is 344 g/mol. The van der Waals surface area contributed by atoms with E-state index in [-0.39, 0.29) is 12.5 Å². The summed E-state index contributed by atoms with van der Waals surface area (Å²) in [7, 11) is 1.59. The van der Waals surface area contributed by atoms with Crippen LogP contribution in [0.2, 0.25) is 0 Å². The lowest BCUT2D eigenvalue weighted by molar-refractivity contribution is -0.123. The highest BCUT2D eigenvalue weighted by Gasteiger charge is 2.02. The van der Waals surface area contributed by atoms with Gasteiger partial charge in [-0.05, 0) is 66.4 Å². The maximum absolute atomic E-state index is 11.8. The van der Waals surface area contributed by atoms with Gasteiger partial charge >= 0.3 is 0 Å². The van der Waals surface area contributed by atoms with Gasteiger partial charge in [0.2, 0.25) is 0 Å². The average Bonchev–Trinajstić information content (AvgIpc) is 2.68. The SMILES string of the molecule is COc1ccc(OCC(=O)N/N=C/c2ccc(OCCC(C)C)cc2)cc1. The van der Waals surface area contributed by atoms with Crippen LogP contribution in [-0.4, -0.2) is 32.4 Å². The number of nitrogens with zero attached hydrogens (tertiary/aromatic N) is 1. The molecule has 0 atom stereocenters. The van der Waals surface area contributed by atoms with Gasteiger partial charge in [-0.15, -0.1) is 0 Å².